The van der Waals surface area contributed by atoms with Gasteiger partial charge in [0.1, 0.15) is 22.4 Å². The fourth-order valence-corrected chi connectivity index (χ4v) is 4.11. The molecule has 1 saturated heterocycles. The molecular formula is C21H28N4O3. The fraction of sp³-hybridized carbons (Fsp3) is 0.571. The second-order valence-electron chi connectivity index (χ2n) is 8.73. The molecule has 0 aromatic carbocycles. The monoisotopic (exact) mass is 384 g/mol. The van der Waals surface area contributed by atoms with Crippen molar-refractivity contribution in [2.45, 2.75) is 58.6 Å². The average molecular weight is 384 g/mol. The van der Waals surface area contributed by atoms with Gasteiger partial charge in [-0.15, -0.1) is 0 Å². The van der Waals surface area contributed by atoms with Crippen molar-refractivity contribution in [3.8, 4) is 0 Å². The van der Waals surface area contributed by atoms with Gasteiger partial charge in [-0.25, -0.2) is 9.78 Å². The number of aryl methyl sites for hydroxylation is 1. The topological polar surface area (TPSA) is 68.8 Å². The van der Waals surface area contributed by atoms with Crippen molar-refractivity contribution >= 4 is 22.9 Å². The molecule has 0 N–H and O–H groups in total. The largest absolute Gasteiger partial charge is 0.444 e. The van der Waals surface area contributed by atoms with Crippen molar-refractivity contribution in [2.75, 3.05) is 13.1 Å². The van der Waals surface area contributed by atoms with Crippen LogP contribution in [0.2, 0.25) is 0 Å². The summed E-state index contributed by atoms with van der Waals surface area (Å²) in [5.41, 5.74) is 1.96. The molecule has 0 atom stereocenters. The molecule has 0 saturated carbocycles. The molecule has 0 unspecified atom stereocenters. The van der Waals surface area contributed by atoms with Crippen LogP contribution in [0.4, 0.5) is 4.79 Å². The number of ether oxygens (including phenoxy) is 1. The van der Waals surface area contributed by atoms with Crippen molar-refractivity contribution in [3.05, 3.63) is 34.7 Å². The van der Waals surface area contributed by atoms with Crippen molar-refractivity contribution in [3.63, 3.8) is 0 Å². The van der Waals surface area contributed by atoms with Crippen LogP contribution in [-0.4, -0.2) is 43.6 Å². The molecule has 0 bridgehead atoms. The van der Waals surface area contributed by atoms with E-state index in [-0.39, 0.29) is 11.7 Å². The zero-order chi connectivity index (χ0) is 19.9. The summed E-state index contributed by atoms with van der Waals surface area (Å²) >= 11 is 0. The summed E-state index contributed by atoms with van der Waals surface area (Å²) in [6, 6.07) is 5.84. The van der Waals surface area contributed by atoms with E-state index in [2.05, 4.69) is 4.98 Å². The third-order valence-corrected chi connectivity index (χ3v) is 5.51. The number of carbonyl (C=O) groups is 1. The van der Waals surface area contributed by atoms with Gasteiger partial charge in [0.15, 0.2) is 0 Å². The molecule has 1 aliphatic rings. The highest BCUT2D eigenvalue weighted by Crippen LogP contribution is 2.24. The summed E-state index contributed by atoms with van der Waals surface area (Å²) in [6.07, 6.45) is 5.46. The number of hydrogen-bond donors (Lipinski definition) is 0. The Morgan fingerprint density at radius 1 is 1.25 bits per heavy atom. The predicted octanol–water partition coefficient (Wildman–Crippen LogP) is 3.51. The number of amides is 1. The first-order chi connectivity index (χ1) is 13.3. The van der Waals surface area contributed by atoms with E-state index >= 15 is 0 Å². The Morgan fingerprint density at radius 2 is 2.00 bits per heavy atom. The Labute approximate surface area is 164 Å². The van der Waals surface area contributed by atoms with Gasteiger partial charge in [-0.05, 0) is 64.5 Å². The third kappa shape index (κ3) is 3.57. The van der Waals surface area contributed by atoms with E-state index in [1.165, 1.54) is 0 Å². The van der Waals surface area contributed by atoms with Crippen molar-refractivity contribution in [1.29, 1.82) is 0 Å². The van der Waals surface area contributed by atoms with Gasteiger partial charge >= 0.3 is 6.09 Å². The lowest BCUT2D eigenvalue weighted by atomic mass is 9.92. The van der Waals surface area contributed by atoms with E-state index in [9.17, 15) is 9.59 Å². The molecule has 150 valence electrons. The Kier molecular flexibility index (Phi) is 4.77. The van der Waals surface area contributed by atoms with Gasteiger partial charge in [0.25, 0.3) is 5.56 Å². The van der Waals surface area contributed by atoms with Crippen LogP contribution >= 0.6 is 0 Å². The summed E-state index contributed by atoms with van der Waals surface area (Å²) in [4.78, 5) is 30.9. The maximum atomic E-state index is 12.7. The van der Waals surface area contributed by atoms with Crippen LogP contribution in [0.15, 0.2) is 29.2 Å². The molecular weight excluding hydrogens is 356 g/mol. The molecule has 7 heteroatoms. The zero-order valence-corrected chi connectivity index (χ0v) is 16.9. The maximum Gasteiger partial charge on any atom is 0.410 e. The van der Waals surface area contributed by atoms with Crippen LogP contribution in [0.3, 0.4) is 0 Å². The minimum absolute atomic E-state index is 0.0356. The summed E-state index contributed by atoms with van der Waals surface area (Å²) in [5, 5.41) is 0. The van der Waals surface area contributed by atoms with E-state index in [0.29, 0.717) is 18.0 Å². The Morgan fingerprint density at radius 3 is 2.71 bits per heavy atom. The number of hydrogen-bond acceptors (Lipinski definition) is 4. The number of imidazole rings is 2. The van der Waals surface area contributed by atoms with Crippen molar-refractivity contribution in [2.24, 2.45) is 5.92 Å². The molecule has 3 aromatic rings. The maximum absolute atomic E-state index is 12.7. The zero-order valence-electron chi connectivity index (χ0n) is 16.9. The summed E-state index contributed by atoms with van der Waals surface area (Å²) in [5.74, 6) is 0.591. The van der Waals surface area contributed by atoms with Crippen LogP contribution in [0.25, 0.3) is 16.8 Å². The lowest BCUT2D eigenvalue weighted by Gasteiger charge is -2.33. The molecule has 4 rings (SSSR count). The number of pyridine rings is 1. The molecule has 7 nitrogen and oxygen atoms in total. The normalized spacial score (nSPS) is 16.3. The molecule has 1 amide bonds. The highest BCUT2D eigenvalue weighted by atomic mass is 16.6. The van der Waals surface area contributed by atoms with Gasteiger partial charge in [-0.1, -0.05) is 6.07 Å². The van der Waals surface area contributed by atoms with Gasteiger partial charge in [0.05, 0.1) is 6.20 Å². The van der Waals surface area contributed by atoms with E-state index in [1.54, 1.807) is 6.20 Å². The first kappa shape index (κ1) is 18.8. The Balaban J connectivity index is 1.31. The first-order valence-corrected chi connectivity index (χ1v) is 10.1. The highest BCUT2D eigenvalue weighted by molar-refractivity contribution is 5.68. The Hall–Kier alpha value is -2.57. The van der Waals surface area contributed by atoms with Crippen LogP contribution < -0.4 is 5.56 Å². The average Bonchev–Trinajstić information content (AvgIpc) is 3.19. The lowest BCUT2D eigenvalue weighted by molar-refractivity contribution is 0.0180. The van der Waals surface area contributed by atoms with Crippen LogP contribution in [0.5, 0.6) is 0 Å². The number of likely N-dealkylation sites (tertiary alicyclic amines) is 1. The highest BCUT2D eigenvalue weighted by Gasteiger charge is 2.26. The van der Waals surface area contributed by atoms with Gasteiger partial charge in [-0.3, -0.25) is 13.8 Å². The SMILES string of the molecule is CC(C)(C)OC(=O)N1CCC(CCCn2c(=O)c3cnc4cccc2n43)CC1. The second-order valence-corrected chi connectivity index (χ2v) is 8.73. The van der Waals surface area contributed by atoms with Gasteiger partial charge < -0.3 is 9.64 Å². The predicted molar refractivity (Wildman–Crippen MR) is 108 cm³/mol. The van der Waals surface area contributed by atoms with Crippen LogP contribution in [-0.2, 0) is 11.3 Å². The summed E-state index contributed by atoms with van der Waals surface area (Å²) in [7, 11) is 0. The fourth-order valence-electron chi connectivity index (χ4n) is 4.11. The van der Waals surface area contributed by atoms with E-state index in [4.69, 9.17) is 4.74 Å². The third-order valence-electron chi connectivity index (χ3n) is 5.51. The standard InChI is InChI=1S/C21H28N4O3/c1-21(2,3)28-20(27)23-12-9-15(10-13-23)6-5-11-24-18-8-4-7-17-22-14-16(19(24)26)25(17)18/h4,7-8,14-15H,5-6,9-13H2,1-3H3. The number of piperidine rings is 1. The number of rotatable bonds is 4. The van der Waals surface area contributed by atoms with Crippen LogP contribution in [0, 0.1) is 5.92 Å². The Bertz CT molecular complexity index is 1020. The quantitative estimate of drug-likeness (QED) is 0.690. The molecule has 3 aromatic heterocycles. The first-order valence-electron chi connectivity index (χ1n) is 10.1. The molecule has 28 heavy (non-hydrogen) atoms. The minimum atomic E-state index is -0.451. The summed E-state index contributed by atoms with van der Waals surface area (Å²) in [6.45, 7) is 7.89. The molecule has 4 heterocycles. The summed E-state index contributed by atoms with van der Waals surface area (Å²) < 4.78 is 9.25. The molecule has 0 aliphatic carbocycles. The molecule has 1 fully saturated rings. The smallest absolute Gasteiger partial charge is 0.410 e. The molecule has 1 aliphatic heterocycles. The van der Waals surface area contributed by atoms with Crippen molar-refractivity contribution < 1.29 is 9.53 Å². The van der Waals surface area contributed by atoms with E-state index in [1.807, 2.05) is 52.8 Å². The minimum Gasteiger partial charge on any atom is -0.444 e. The molecule has 0 radical (unpaired) electrons. The van der Waals surface area contributed by atoms with Gasteiger partial charge in [0, 0.05) is 19.6 Å². The van der Waals surface area contributed by atoms with Gasteiger partial charge in [-0.2, -0.15) is 0 Å². The second kappa shape index (κ2) is 7.11. The number of nitrogens with zero attached hydrogens (tertiary/aromatic N) is 4. The molecule has 0 spiro atoms. The number of aromatic nitrogens is 3. The lowest BCUT2D eigenvalue weighted by Crippen LogP contribution is -2.41. The van der Waals surface area contributed by atoms with Crippen LogP contribution in [0.1, 0.15) is 46.5 Å². The van der Waals surface area contributed by atoms with Crippen molar-refractivity contribution in [1.82, 2.24) is 18.9 Å². The van der Waals surface area contributed by atoms with E-state index < -0.39 is 5.60 Å². The van der Waals surface area contributed by atoms with E-state index in [0.717, 1.165) is 50.1 Å². The van der Waals surface area contributed by atoms with Gasteiger partial charge in [0.2, 0.25) is 0 Å². The number of carbonyl (C=O) groups excluding carboxylic acids is 1.